The number of likely N-dealkylation sites (tertiary alicyclic amines) is 1. The van der Waals surface area contributed by atoms with Gasteiger partial charge in [-0.3, -0.25) is 9.59 Å². The minimum absolute atomic E-state index is 0.0147. The topological polar surface area (TPSA) is 69.6 Å². The van der Waals surface area contributed by atoms with Crippen molar-refractivity contribution in [2.24, 2.45) is 0 Å². The fourth-order valence-corrected chi connectivity index (χ4v) is 2.58. The molecule has 2 rings (SSSR count). The Bertz CT molecular complexity index is 508. The van der Waals surface area contributed by atoms with Crippen LogP contribution in [0.15, 0.2) is 24.3 Å². The minimum Gasteiger partial charge on any atom is -0.507 e. The molecule has 1 saturated heterocycles. The second kappa shape index (κ2) is 7.11. The van der Waals surface area contributed by atoms with E-state index in [1.54, 1.807) is 23.1 Å². The molecule has 0 aromatic heterocycles. The summed E-state index contributed by atoms with van der Waals surface area (Å²) in [5, 5.41) is 12.7. The van der Waals surface area contributed by atoms with Crippen molar-refractivity contribution in [3.8, 4) is 5.75 Å². The van der Waals surface area contributed by atoms with Crippen molar-refractivity contribution < 1.29 is 14.7 Å². The van der Waals surface area contributed by atoms with E-state index in [2.05, 4.69) is 5.32 Å². The number of aromatic hydroxyl groups is 1. The zero-order valence-electron chi connectivity index (χ0n) is 12.3. The second-order valence-corrected chi connectivity index (χ2v) is 5.40. The quantitative estimate of drug-likeness (QED) is 0.890. The average molecular weight is 290 g/mol. The van der Waals surface area contributed by atoms with Crippen molar-refractivity contribution in [1.82, 2.24) is 10.2 Å². The summed E-state index contributed by atoms with van der Waals surface area (Å²) in [6.07, 6.45) is 2.91. The monoisotopic (exact) mass is 290 g/mol. The van der Waals surface area contributed by atoms with E-state index in [4.69, 9.17) is 0 Å². The van der Waals surface area contributed by atoms with Crippen molar-refractivity contribution in [3.05, 3.63) is 29.8 Å². The predicted octanol–water partition coefficient (Wildman–Crippen LogP) is 1.91. The summed E-state index contributed by atoms with van der Waals surface area (Å²) in [6.45, 7) is 3.18. The van der Waals surface area contributed by atoms with Gasteiger partial charge in [-0.05, 0) is 31.4 Å². The number of hydrogen-bond acceptors (Lipinski definition) is 3. The summed E-state index contributed by atoms with van der Waals surface area (Å²) < 4.78 is 0. The Kier molecular flexibility index (Phi) is 5.20. The second-order valence-electron chi connectivity index (χ2n) is 5.40. The Morgan fingerprint density at radius 2 is 1.95 bits per heavy atom. The fraction of sp³-hybridized carbons (Fsp3) is 0.500. The van der Waals surface area contributed by atoms with Gasteiger partial charge in [0.15, 0.2) is 0 Å². The molecule has 0 unspecified atom stereocenters. The van der Waals surface area contributed by atoms with Crippen LogP contribution in [-0.2, 0) is 4.79 Å². The number of carbonyl (C=O) groups excluding carboxylic acids is 2. The number of para-hydroxylation sites is 1. The first-order chi connectivity index (χ1) is 10.1. The fourth-order valence-electron chi connectivity index (χ4n) is 2.58. The standard InChI is InChI=1S/C16H22N2O3/c1-2-5-15(20)17-12-8-10-18(11-9-12)16(21)13-6-3-4-7-14(13)19/h3-4,6-7,12,19H,2,5,8-11H2,1H3,(H,17,20). The highest BCUT2D eigenvalue weighted by atomic mass is 16.3. The summed E-state index contributed by atoms with van der Waals surface area (Å²) in [7, 11) is 0. The van der Waals surface area contributed by atoms with Crippen molar-refractivity contribution >= 4 is 11.8 Å². The number of nitrogens with one attached hydrogen (secondary N) is 1. The number of carbonyl (C=O) groups is 2. The lowest BCUT2D eigenvalue weighted by Gasteiger charge is -2.32. The zero-order valence-corrected chi connectivity index (χ0v) is 12.3. The molecule has 0 spiro atoms. The van der Waals surface area contributed by atoms with Gasteiger partial charge in [-0.25, -0.2) is 0 Å². The van der Waals surface area contributed by atoms with Crippen LogP contribution < -0.4 is 5.32 Å². The molecule has 5 heteroatoms. The number of nitrogens with zero attached hydrogens (tertiary/aromatic N) is 1. The summed E-state index contributed by atoms with van der Waals surface area (Å²) in [5.41, 5.74) is 0.339. The highest BCUT2D eigenvalue weighted by molar-refractivity contribution is 5.96. The van der Waals surface area contributed by atoms with E-state index in [0.29, 0.717) is 25.1 Å². The third-order valence-electron chi connectivity index (χ3n) is 3.76. The number of phenols is 1. The van der Waals surface area contributed by atoms with Crippen molar-refractivity contribution in [1.29, 1.82) is 0 Å². The maximum atomic E-state index is 12.3. The molecule has 2 amide bonds. The van der Waals surface area contributed by atoms with Crippen LogP contribution in [0.1, 0.15) is 43.0 Å². The lowest BCUT2D eigenvalue weighted by atomic mass is 10.0. The van der Waals surface area contributed by atoms with Crippen LogP contribution in [0.4, 0.5) is 0 Å². The van der Waals surface area contributed by atoms with Gasteiger partial charge in [-0.15, -0.1) is 0 Å². The normalized spacial score (nSPS) is 15.8. The van der Waals surface area contributed by atoms with Gasteiger partial charge in [-0.2, -0.15) is 0 Å². The van der Waals surface area contributed by atoms with Gasteiger partial charge in [0.05, 0.1) is 5.56 Å². The third-order valence-corrected chi connectivity index (χ3v) is 3.76. The van der Waals surface area contributed by atoms with Crippen LogP contribution in [0.3, 0.4) is 0 Å². The number of piperidine rings is 1. The molecule has 1 aliphatic rings. The first-order valence-electron chi connectivity index (χ1n) is 7.48. The maximum absolute atomic E-state index is 12.3. The maximum Gasteiger partial charge on any atom is 0.257 e. The van der Waals surface area contributed by atoms with Crippen molar-refractivity contribution in [3.63, 3.8) is 0 Å². The number of amides is 2. The largest absolute Gasteiger partial charge is 0.507 e. The molecule has 0 aliphatic carbocycles. The number of hydrogen-bond donors (Lipinski definition) is 2. The lowest BCUT2D eigenvalue weighted by Crippen LogP contribution is -2.46. The molecule has 0 atom stereocenters. The molecule has 0 bridgehead atoms. The summed E-state index contributed by atoms with van der Waals surface area (Å²) in [4.78, 5) is 25.6. The van der Waals surface area contributed by atoms with Gasteiger partial charge in [0.25, 0.3) is 5.91 Å². The van der Waals surface area contributed by atoms with Gasteiger partial charge in [0, 0.05) is 25.6 Å². The smallest absolute Gasteiger partial charge is 0.257 e. The Morgan fingerprint density at radius 1 is 1.29 bits per heavy atom. The first kappa shape index (κ1) is 15.4. The lowest BCUT2D eigenvalue weighted by molar-refractivity contribution is -0.122. The van der Waals surface area contributed by atoms with E-state index >= 15 is 0 Å². The van der Waals surface area contributed by atoms with E-state index < -0.39 is 0 Å². The van der Waals surface area contributed by atoms with Crippen LogP contribution in [0.5, 0.6) is 5.75 Å². The van der Waals surface area contributed by atoms with Gasteiger partial charge < -0.3 is 15.3 Å². The Hall–Kier alpha value is -2.04. The average Bonchev–Trinajstić information content (AvgIpc) is 2.48. The molecule has 21 heavy (non-hydrogen) atoms. The first-order valence-corrected chi connectivity index (χ1v) is 7.48. The Balaban J connectivity index is 1.88. The van der Waals surface area contributed by atoms with Crippen molar-refractivity contribution in [2.45, 2.75) is 38.6 Å². The van der Waals surface area contributed by atoms with Crippen LogP contribution in [-0.4, -0.2) is 41.0 Å². The highest BCUT2D eigenvalue weighted by Crippen LogP contribution is 2.20. The van der Waals surface area contributed by atoms with E-state index in [9.17, 15) is 14.7 Å². The van der Waals surface area contributed by atoms with Crippen LogP contribution in [0.2, 0.25) is 0 Å². The van der Waals surface area contributed by atoms with Crippen molar-refractivity contribution in [2.75, 3.05) is 13.1 Å². The van der Waals surface area contributed by atoms with Crippen LogP contribution in [0.25, 0.3) is 0 Å². The molecule has 1 aromatic carbocycles. The van der Waals surface area contributed by atoms with E-state index in [1.807, 2.05) is 6.92 Å². The minimum atomic E-state index is -0.147. The molecule has 1 aromatic rings. The Labute approximate surface area is 125 Å². The van der Waals surface area contributed by atoms with Gasteiger partial charge in [-0.1, -0.05) is 19.1 Å². The van der Waals surface area contributed by atoms with E-state index in [-0.39, 0.29) is 23.6 Å². The number of benzene rings is 1. The van der Waals surface area contributed by atoms with E-state index in [1.165, 1.54) is 6.07 Å². The molecule has 1 heterocycles. The summed E-state index contributed by atoms with van der Waals surface area (Å²) in [6, 6.07) is 6.74. The third kappa shape index (κ3) is 3.97. The molecular formula is C16H22N2O3. The van der Waals surface area contributed by atoms with E-state index in [0.717, 1.165) is 19.3 Å². The molecular weight excluding hydrogens is 268 g/mol. The summed E-state index contributed by atoms with van der Waals surface area (Å²) >= 11 is 0. The Morgan fingerprint density at radius 3 is 2.57 bits per heavy atom. The molecule has 1 fully saturated rings. The molecule has 2 N–H and O–H groups in total. The summed E-state index contributed by atoms with van der Waals surface area (Å²) in [5.74, 6) is -0.0460. The van der Waals surface area contributed by atoms with Crippen LogP contribution in [0, 0.1) is 0 Å². The van der Waals surface area contributed by atoms with Gasteiger partial charge >= 0.3 is 0 Å². The SMILES string of the molecule is CCCC(=O)NC1CCN(C(=O)c2ccccc2O)CC1. The predicted molar refractivity (Wildman–Crippen MR) is 80.1 cm³/mol. The molecule has 114 valence electrons. The number of phenolic OH excluding ortho intramolecular Hbond substituents is 1. The molecule has 0 saturated carbocycles. The van der Waals surface area contributed by atoms with Gasteiger partial charge in [0.1, 0.15) is 5.75 Å². The molecule has 0 radical (unpaired) electrons. The molecule has 1 aliphatic heterocycles. The van der Waals surface area contributed by atoms with Gasteiger partial charge in [0.2, 0.25) is 5.91 Å². The number of rotatable bonds is 4. The van der Waals surface area contributed by atoms with Crippen LogP contribution >= 0.6 is 0 Å². The zero-order chi connectivity index (χ0) is 15.2. The molecule has 5 nitrogen and oxygen atoms in total. The highest BCUT2D eigenvalue weighted by Gasteiger charge is 2.25.